The van der Waals surface area contributed by atoms with Gasteiger partial charge in [-0.05, 0) is 56.4 Å². The molecule has 2 atom stereocenters. The lowest BCUT2D eigenvalue weighted by Crippen LogP contribution is -2.38. The monoisotopic (exact) mass is 460 g/mol. The van der Waals surface area contributed by atoms with Gasteiger partial charge in [-0.3, -0.25) is 9.78 Å². The largest absolute Gasteiger partial charge is 0.370 e. The van der Waals surface area contributed by atoms with Gasteiger partial charge < -0.3 is 22.1 Å². The Labute approximate surface area is 199 Å². The molecule has 6 N–H and O–H groups in total. The molecule has 1 fully saturated rings. The second kappa shape index (κ2) is 10.9. The van der Waals surface area contributed by atoms with Gasteiger partial charge in [-0.25, -0.2) is 15.0 Å². The number of pyridine rings is 1. The summed E-state index contributed by atoms with van der Waals surface area (Å²) in [6, 6.07) is 9.89. The molecular formula is C25H32N8O. The van der Waals surface area contributed by atoms with Gasteiger partial charge in [0.1, 0.15) is 5.82 Å². The van der Waals surface area contributed by atoms with Gasteiger partial charge in [0.05, 0.1) is 17.6 Å². The third-order valence-corrected chi connectivity index (χ3v) is 6.07. The van der Waals surface area contributed by atoms with Crippen molar-refractivity contribution in [3.05, 3.63) is 59.7 Å². The van der Waals surface area contributed by atoms with Crippen molar-refractivity contribution in [2.45, 2.75) is 57.5 Å². The first kappa shape index (κ1) is 23.4. The van der Waals surface area contributed by atoms with E-state index in [9.17, 15) is 4.79 Å². The number of aliphatic imine (C=N–C) groups is 1. The molecule has 178 valence electrons. The van der Waals surface area contributed by atoms with Crippen LogP contribution in [0, 0.1) is 6.92 Å². The lowest BCUT2D eigenvalue weighted by atomic mass is 9.90. The Bertz CT molecular complexity index is 1160. The van der Waals surface area contributed by atoms with E-state index in [0.29, 0.717) is 12.4 Å². The van der Waals surface area contributed by atoms with Crippen LogP contribution < -0.4 is 22.1 Å². The van der Waals surface area contributed by atoms with Crippen LogP contribution in [0.4, 0.5) is 5.82 Å². The van der Waals surface area contributed by atoms with Crippen molar-refractivity contribution in [1.82, 2.24) is 20.3 Å². The predicted octanol–water partition coefficient (Wildman–Crippen LogP) is 2.69. The number of nitrogens with one attached hydrogen (secondary N) is 2. The van der Waals surface area contributed by atoms with Crippen molar-refractivity contribution in [3.63, 3.8) is 0 Å². The van der Waals surface area contributed by atoms with E-state index < -0.39 is 0 Å². The van der Waals surface area contributed by atoms with Gasteiger partial charge in [0.15, 0.2) is 5.96 Å². The smallest absolute Gasteiger partial charge is 0.289 e. The number of hydrogen-bond acceptors (Lipinski definition) is 6. The third-order valence-electron chi connectivity index (χ3n) is 6.07. The molecule has 4 rings (SSSR count). The Morgan fingerprint density at radius 3 is 2.82 bits per heavy atom. The van der Waals surface area contributed by atoms with Crippen LogP contribution in [0.5, 0.6) is 0 Å². The summed E-state index contributed by atoms with van der Waals surface area (Å²) in [6.45, 7) is 2.55. The van der Waals surface area contributed by atoms with Gasteiger partial charge >= 0.3 is 0 Å². The van der Waals surface area contributed by atoms with Crippen LogP contribution in [-0.2, 0) is 6.42 Å². The maximum atomic E-state index is 12.9. The van der Waals surface area contributed by atoms with Crippen LogP contribution in [-0.4, -0.2) is 45.4 Å². The van der Waals surface area contributed by atoms with Crippen LogP contribution in [0.2, 0.25) is 0 Å². The number of hydrogen-bond donors (Lipinski definition) is 4. The van der Waals surface area contributed by atoms with Crippen LogP contribution in [0.1, 0.15) is 53.8 Å². The minimum atomic E-state index is -0.291. The van der Waals surface area contributed by atoms with E-state index in [2.05, 4.69) is 30.6 Å². The summed E-state index contributed by atoms with van der Waals surface area (Å²) in [4.78, 5) is 30.6. The van der Waals surface area contributed by atoms with Crippen molar-refractivity contribution in [3.8, 4) is 0 Å². The van der Waals surface area contributed by atoms with Crippen molar-refractivity contribution < 1.29 is 4.79 Å². The number of nitrogens with zero attached hydrogens (tertiary/aromatic N) is 4. The van der Waals surface area contributed by atoms with E-state index in [1.54, 1.807) is 6.20 Å². The molecule has 0 aliphatic heterocycles. The van der Waals surface area contributed by atoms with E-state index in [1.807, 2.05) is 43.5 Å². The van der Waals surface area contributed by atoms with Gasteiger partial charge in [0.2, 0.25) is 5.82 Å². The van der Waals surface area contributed by atoms with Gasteiger partial charge in [-0.1, -0.05) is 30.5 Å². The van der Waals surface area contributed by atoms with Gasteiger partial charge in [0, 0.05) is 24.3 Å². The topological polar surface area (TPSA) is 144 Å². The molecule has 0 spiro atoms. The molecule has 3 aromatic rings. The fourth-order valence-electron chi connectivity index (χ4n) is 4.37. The van der Waals surface area contributed by atoms with Crippen molar-refractivity contribution in [1.29, 1.82) is 0 Å². The van der Waals surface area contributed by atoms with E-state index in [0.717, 1.165) is 60.6 Å². The van der Waals surface area contributed by atoms with Crippen LogP contribution in [0.3, 0.4) is 0 Å². The van der Waals surface area contributed by atoms with E-state index in [-0.39, 0.29) is 29.8 Å². The molecule has 1 aromatic carbocycles. The maximum absolute atomic E-state index is 12.9. The molecule has 0 radical (unpaired) electrons. The second-order valence-electron chi connectivity index (χ2n) is 8.79. The number of guanidine groups is 1. The molecule has 1 amide bonds. The summed E-state index contributed by atoms with van der Waals surface area (Å²) in [7, 11) is 0. The number of carbonyl (C=O) groups excluding carboxylic acids is 1. The first-order valence-corrected chi connectivity index (χ1v) is 11.8. The van der Waals surface area contributed by atoms with Crippen molar-refractivity contribution in [2.24, 2.45) is 16.5 Å². The first-order valence-electron chi connectivity index (χ1n) is 11.8. The highest BCUT2D eigenvalue weighted by molar-refractivity contribution is 5.96. The molecular weight excluding hydrogens is 428 g/mol. The zero-order chi connectivity index (χ0) is 23.9. The number of carbonyl (C=O) groups is 1. The fourth-order valence-corrected chi connectivity index (χ4v) is 4.37. The zero-order valence-electron chi connectivity index (χ0n) is 19.5. The normalized spacial score (nSPS) is 17.8. The van der Waals surface area contributed by atoms with Gasteiger partial charge in [0.25, 0.3) is 5.91 Å². The summed E-state index contributed by atoms with van der Waals surface area (Å²) < 4.78 is 0. The summed E-state index contributed by atoms with van der Waals surface area (Å²) >= 11 is 0. The van der Waals surface area contributed by atoms with Crippen molar-refractivity contribution >= 4 is 28.6 Å². The molecule has 0 saturated heterocycles. The Kier molecular flexibility index (Phi) is 7.51. The second-order valence-corrected chi connectivity index (χ2v) is 8.79. The number of nitrogens with two attached hydrogens (primary N) is 2. The summed E-state index contributed by atoms with van der Waals surface area (Å²) in [5.41, 5.74) is 14.3. The lowest BCUT2D eigenvalue weighted by molar-refractivity contribution is 0.0943. The first-order chi connectivity index (χ1) is 16.5. The molecule has 1 aliphatic carbocycles. The summed E-state index contributed by atoms with van der Waals surface area (Å²) in [6.07, 6.45) is 9.23. The molecule has 1 saturated carbocycles. The molecule has 2 heterocycles. The summed E-state index contributed by atoms with van der Waals surface area (Å²) in [5, 5.41) is 7.36. The maximum Gasteiger partial charge on any atom is 0.289 e. The SMILES string of the molecule is Cc1ccc2nc(C(=O)NCCCc3cccnc3)nc(N[C@H]3CCCC[C@H]3N=C(N)N)c2c1. The molecule has 34 heavy (non-hydrogen) atoms. The van der Waals surface area contributed by atoms with Crippen molar-refractivity contribution in [2.75, 3.05) is 11.9 Å². The van der Waals surface area contributed by atoms with Crippen LogP contribution in [0.15, 0.2) is 47.7 Å². The molecule has 9 heteroatoms. The Hall–Kier alpha value is -3.75. The van der Waals surface area contributed by atoms with Crippen LogP contribution in [0.25, 0.3) is 10.9 Å². The minimum absolute atomic E-state index is 0.0293. The number of fused-ring (bicyclic) bond motifs is 1. The molecule has 0 unspecified atom stereocenters. The fraction of sp³-hybridized carbons (Fsp3) is 0.400. The highest BCUT2D eigenvalue weighted by Gasteiger charge is 2.26. The molecule has 1 aliphatic rings. The van der Waals surface area contributed by atoms with Gasteiger partial charge in [-0.15, -0.1) is 0 Å². The standard InChI is InChI=1S/C25H32N8O/c1-16-10-11-19-18(14-16)22(31-20-8-2-3-9-21(20)32-25(26)27)33-23(30-19)24(34)29-13-5-7-17-6-4-12-28-15-17/h4,6,10-12,14-15,20-21H,2-3,5,7-9,13H2,1H3,(H,29,34)(H4,26,27,32)(H,30,31,33)/t20-,21+/m0/s1. The number of rotatable bonds is 8. The highest BCUT2D eigenvalue weighted by atomic mass is 16.2. The van der Waals surface area contributed by atoms with E-state index in [4.69, 9.17) is 11.5 Å². The number of benzene rings is 1. The lowest BCUT2D eigenvalue weighted by Gasteiger charge is -2.30. The average Bonchev–Trinajstić information content (AvgIpc) is 2.83. The predicted molar refractivity (Wildman–Crippen MR) is 135 cm³/mol. The number of aryl methyl sites for hydroxylation is 2. The Morgan fingerprint density at radius 2 is 2.03 bits per heavy atom. The molecule has 0 bridgehead atoms. The quantitative estimate of drug-likeness (QED) is 0.230. The summed E-state index contributed by atoms with van der Waals surface area (Å²) in [5.74, 6) is 0.584. The molecule has 9 nitrogen and oxygen atoms in total. The Morgan fingerprint density at radius 1 is 1.18 bits per heavy atom. The van der Waals surface area contributed by atoms with E-state index in [1.165, 1.54) is 0 Å². The van der Waals surface area contributed by atoms with Crippen LogP contribution >= 0.6 is 0 Å². The van der Waals surface area contributed by atoms with Gasteiger partial charge in [-0.2, -0.15) is 0 Å². The molecule has 2 aromatic heterocycles. The number of amides is 1. The zero-order valence-corrected chi connectivity index (χ0v) is 19.5. The number of aromatic nitrogens is 3. The number of anilines is 1. The average molecular weight is 461 g/mol. The highest BCUT2D eigenvalue weighted by Crippen LogP contribution is 2.28. The third kappa shape index (κ3) is 5.98. The minimum Gasteiger partial charge on any atom is -0.370 e. The van der Waals surface area contributed by atoms with E-state index >= 15 is 0 Å². The Balaban J connectivity index is 1.52.